The van der Waals surface area contributed by atoms with Crippen molar-refractivity contribution in [3.63, 3.8) is 0 Å². The zero-order valence-electron chi connectivity index (χ0n) is 21.5. The quantitative estimate of drug-likeness (QED) is 0.273. The van der Waals surface area contributed by atoms with Crippen LogP contribution >= 0.6 is 0 Å². The van der Waals surface area contributed by atoms with Gasteiger partial charge in [-0.05, 0) is 25.7 Å². The fourth-order valence-corrected chi connectivity index (χ4v) is 5.07. The van der Waals surface area contributed by atoms with Crippen molar-refractivity contribution in [2.24, 2.45) is 0 Å². The predicted octanol–water partition coefficient (Wildman–Crippen LogP) is 1.80. The van der Waals surface area contributed by atoms with Crippen molar-refractivity contribution in [2.75, 3.05) is 40.1 Å². The number of hydrogen-bond donors (Lipinski definition) is 5. The van der Waals surface area contributed by atoms with Crippen LogP contribution in [0.5, 0.6) is 0 Å². The molecule has 2 aliphatic heterocycles. The number of piperidine rings is 1. The van der Waals surface area contributed by atoms with Crippen LogP contribution in [0.15, 0.2) is 24.7 Å². The number of nitrogens with one attached hydrogen (secondary N) is 4. The van der Waals surface area contributed by atoms with Crippen LogP contribution in [0, 0.1) is 0 Å². The number of carbonyl (C=O) groups excluding carboxylic acids is 1. The van der Waals surface area contributed by atoms with Gasteiger partial charge < -0.3 is 30.9 Å². The average molecular weight is 553 g/mol. The summed E-state index contributed by atoms with van der Waals surface area (Å²) in [4.78, 5) is 49.6. The van der Waals surface area contributed by atoms with Crippen molar-refractivity contribution in [1.82, 2.24) is 40.4 Å². The molecule has 3 aliphatic rings. The Morgan fingerprint density at radius 2 is 1.95 bits per heavy atom. The van der Waals surface area contributed by atoms with Crippen molar-refractivity contribution in [3.8, 4) is 0 Å². The Hall–Kier alpha value is -4.63. The number of anilines is 5. The molecule has 1 saturated carbocycles. The van der Waals surface area contributed by atoms with Crippen molar-refractivity contribution in [2.45, 2.75) is 56.3 Å². The van der Waals surface area contributed by atoms with Crippen LogP contribution in [0.3, 0.4) is 0 Å². The van der Waals surface area contributed by atoms with Crippen LogP contribution in [-0.2, 0) is 4.79 Å². The van der Waals surface area contributed by atoms with E-state index in [-0.39, 0.29) is 36.7 Å². The van der Waals surface area contributed by atoms with Crippen LogP contribution in [0.1, 0.15) is 43.7 Å². The highest BCUT2D eigenvalue weighted by molar-refractivity contribution is 5.96. The van der Waals surface area contributed by atoms with Crippen molar-refractivity contribution in [3.05, 3.63) is 30.4 Å². The maximum Gasteiger partial charge on any atom is 0.404 e. The van der Waals surface area contributed by atoms with Gasteiger partial charge in [0.1, 0.15) is 18.0 Å². The second-order valence-electron chi connectivity index (χ2n) is 10.2. The summed E-state index contributed by atoms with van der Waals surface area (Å²) >= 11 is 0. The number of alkyl halides is 1. The first-order valence-electron chi connectivity index (χ1n) is 13.2. The Balaban J connectivity index is 1.30. The van der Waals surface area contributed by atoms with Gasteiger partial charge >= 0.3 is 6.09 Å². The van der Waals surface area contributed by atoms with E-state index in [9.17, 15) is 19.1 Å². The molecule has 0 radical (unpaired) electrons. The molecule has 0 bridgehead atoms. The number of aromatic nitrogens is 7. The van der Waals surface area contributed by atoms with Gasteiger partial charge in [0.25, 0.3) is 0 Å². The van der Waals surface area contributed by atoms with Crippen molar-refractivity contribution < 1.29 is 19.1 Å². The molecule has 210 valence electrons. The first-order valence-corrected chi connectivity index (χ1v) is 13.2. The van der Waals surface area contributed by atoms with Crippen LogP contribution in [0.25, 0.3) is 0 Å². The van der Waals surface area contributed by atoms with E-state index in [1.807, 2.05) is 11.0 Å². The summed E-state index contributed by atoms with van der Waals surface area (Å²) in [5, 5.41) is 24.8. The Kier molecular flexibility index (Phi) is 6.96. The molecule has 40 heavy (non-hydrogen) atoms. The molecule has 3 atom stereocenters. The number of H-pyrrole nitrogens is 1. The summed E-state index contributed by atoms with van der Waals surface area (Å²) in [7, 11) is 0. The number of amides is 2. The van der Waals surface area contributed by atoms with Gasteiger partial charge in [-0.15, -0.1) is 0 Å². The van der Waals surface area contributed by atoms with Gasteiger partial charge in [0.2, 0.25) is 23.8 Å². The molecule has 16 heteroatoms. The third kappa shape index (κ3) is 5.84. The summed E-state index contributed by atoms with van der Waals surface area (Å²) in [5.74, 6) is 1.45. The number of hydrogen-bond acceptors (Lipinski definition) is 11. The molecule has 0 spiro atoms. The molecule has 2 amide bonds. The molecule has 3 aromatic rings. The standard InChI is InChI=1S/C24H29FN12O3/c25-14-8-17(20(38)29-19-10-26-5-6-27-19)37(11-14)23-32-21(30-18-9-16(34-35-18)13-3-4-13)31-22(33-23)36-7-1-2-15(12-36)28-24(39)40/h5-6,9-10,13-15,17,28H,1-4,7-8,11-12H2,(H,39,40)(H,27,29,38)(H2,30,31,32,33,34,35)/t14-,15+,17+/m1/s1. The van der Waals surface area contributed by atoms with Crippen LogP contribution in [0.4, 0.5) is 38.7 Å². The van der Waals surface area contributed by atoms with Crippen molar-refractivity contribution >= 4 is 41.5 Å². The lowest BCUT2D eigenvalue weighted by atomic mass is 10.1. The summed E-state index contributed by atoms with van der Waals surface area (Å²) < 4.78 is 14.7. The Morgan fingerprint density at radius 1 is 1.10 bits per heavy atom. The smallest absolute Gasteiger partial charge is 0.404 e. The summed E-state index contributed by atoms with van der Waals surface area (Å²) in [6.07, 6.45) is 5.53. The van der Waals surface area contributed by atoms with Gasteiger partial charge in [-0.2, -0.15) is 20.1 Å². The Bertz CT molecular complexity index is 1370. The van der Waals surface area contributed by atoms with E-state index >= 15 is 0 Å². The van der Waals surface area contributed by atoms with E-state index < -0.39 is 24.2 Å². The lowest BCUT2D eigenvalue weighted by Gasteiger charge is -2.33. The zero-order valence-corrected chi connectivity index (χ0v) is 21.5. The minimum atomic E-state index is -1.28. The molecule has 5 heterocycles. The molecule has 1 aliphatic carbocycles. The topological polar surface area (TPSA) is 190 Å². The molecule has 0 aromatic carbocycles. The highest BCUT2D eigenvalue weighted by Crippen LogP contribution is 2.39. The monoisotopic (exact) mass is 552 g/mol. The minimum Gasteiger partial charge on any atom is -0.465 e. The number of carbonyl (C=O) groups is 2. The number of halogens is 1. The van der Waals surface area contributed by atoms with E-state index in [1.54, 1.807) is 0 Å². The van der Waals surface area contributed by atoms with E-state index in [4.69, 9.17) is 0 Å². The predicted molar refractivity (Wildman–Crippen MR) is 141 cm³/mol. The minimum absolute atomic E-state index is 0.0461. The van der Waals surface area contributed by atoms with E-state index in [2.05, 4.69) is 51.1 Å². The summed E-state index contributed by atoms with van der Waals surface area (Å²) in [6.45, 7) is 0.868. The zero-order chi connectivity index (χ0) is 27.6. The normalized spacial score (nSPS) is 22.7. The Labute approximate surface area is 228 Å². The maximum absolute atomic E-state index is 14.7. The number of rotatable bonds is 8. The second-order valence-corrected chi connectivity index (χ2v) is 10.2. The van der Waals surface area contributed by atoms with Gasteiger partial charge in [0.05, 0.1) is 18.4 Å². The second kappa shape index (κ2) is 10.9. The highest BCUT2D eigenvalue weighted by atomic mass is 19.1. The van der Waals surface area contributed by atoms with Crippen LogP contribution in [-0.4, -0.2) is 90.1 Å². The fourth-order valence-electron chi connectivity index (χ4n) is 5.07. The van der Waals surface area contributed by atoms with E-state index in [0.29, 0.717) is 37.2 Å². The highest BCUT2D eigenvalue weighted by Gasteiger charge is 2.39. The van der Waals surface area contributed by atoms with Crippen LogP contribution in [0.2, 0.25) is 0 Å². The third-order valence-electron chi connectivity index (χ3n) is 7.11. The van der Waals surface area contributed by atoms with Gasteiger partial charge in [-0.1, -0.05) is 0 Å². The molecule has 3 fully saturated rings. The van der Waals surface area contributed by atoms with E-state index in [1.165, 1.54) is 23.5 Å². The molecule has 6 rings (SSSR count). The fraction of sp³-hybridized carbons (Fsp3) is 0.500. The first kappa shape index (κ1) is 25.6. The third-order valence-corrected chi connectivity index (χ3v) is 7.11. The number of aromatic amines is 1. The average Bonchev–Trinajstić information content (AvgIpc) is 3.56. The lowest BCUT2D eigenvalue weighted by Crippen LogP contribution is -2.48. The number of carboxylic acid groups (broad SMARTS) is 1. The van der Waals surface area contributed by atoms with Crippen molar-refractivity contribution in [1.29, 1.82) is 0 Å². The lowest BCUT2D eigenvalue weighted by molar-refractivity contribution is -0.117. The van der Waals surface area contributed by atoms with Gasteiger partial charge in [0.15, 0.2) is 5.82 Å². The Morgan fingerprint density at radius 3 is 2.73 bits per heavy atom. The molecule has 5 N–H and O–H groups in total. The molecular formula is C24H29FN12O3. The molecule has 3 aromatic heterocycles. The SMILES string of the molecule is O=C(O)N[C@H]1CCCN(c2nc(Nc3cc(C4CC4)n[nH]3)nc(N3C[C@H](F)C[C@H]3C(=O)Nc3cnccn3)n2)C1. The van der Waals surface area contributed by atoms with Crippen LogP contribution < -0.4 is 25.8 Å². The molecule has 2 saturated heterocycles. The molecular weight excluding hydrogens is 523 g/mol. The first-order chi connectivity index (χ1) is 19.4. The largest absolute Gasteiger partial charge is 0.465 e. The van der Waals surface area contributed by atoms with Gasteiger partial charge in [-0.25, -0.2) is 14.2 Å². The number of nitrogens with zero attached hydrogens (tertiary/aromatic N) is 8. The van der Waals surface area contributed by atoms with E-state index in [0.717, 1.165) is 25.0 Å². The maximum atomic E-state index is 14.7. The summed E-state index contributed by atoms with van der Waals surface area (Å²) in [6, 6.07) is 0.708. The molecule has 15 nitrogen and oxygen atoms in total. The van der Waals surface area contributed by atoms with Gasteiger partial charge in [0, 0.05) is 49.9 Å². The summed E-state index contributed by atoms with van der Waals surface area (Å²) in [5.41, 5.74) is 0.955. The van der Waals surface area contributed by atoms with Gasteiger partial charge in [-0.3, -0.25) is 14.9 Å². The molecule has 0 unspecified atom stereocenters.